The maximum absolute atomic E-state index is 5.34. The predicted molar refractivity (Wildman–Crippen MR) is 49.8 cm³/mol. The topological polar surface area (TPSA) is 12.2 Å². The van der Waals surface area contributed by atoms with Gasteiger partial charge in [0, 0.05) is 18.8 Å². The summed E-state index contributed by atoms with van der Waals surface area (Å²) in [5, 5.41) is 0. The number of rotatable bonds is 3. The first kappa shape index (κ1) is 7.47. The fourth-order valence-corrected chi connectivity index (χ4v) is 1.23. The molecule has 1 aromatic rings. The van der Waals surface area contributed by atoms with Gasteiger partial charge in [-0.3, -0.25) is 0 Å². The Hall–Kier alpha value is -1.18. The van der Waals surface area contributed by atoms with Crippen molar-refractivity contribution in [1.82, 2.24) is 0 Å². The van der Waals surface area contributed by atoms with E-state index >= 15 is 0 Å². The Morgan fingerprint density at radius 1 is 1.25 bits per heavy atom. The molecule has 0 unspecified atom stereocenters. The van der Waals surface area contributed by atoms with Gasteiger partial charge in [0.05, 0.1) is 6.61 Å². The highest BCUT2D eigenvalue weighted by atomic mass is 16.5. The van der Waals surface area contributed by atoms with Gasteiger partial charge in [0.1, 0.15) is 5.75 Å². The van der Waals surface area contributed by atoms with Crippen LogP contribution in [0, 0.1) is 0 Å². The van der Waals surface area contributed by atoms with E-state index in [2.05, 4.69) is 17.0 Å². The first-order valence-electron chi connectivity index (χ1n) is 4.38. The fraction of sp³-hybridized carbons (Fsp3) is 0.400. The average molecular weight is 163 g/mol. The van der Waals surface area contributed by atoms with Crippen LogP contribution in [-0.4, -0.2) is 19.7 Å². The fourth-order valence-electron chi connectivity index (χ4n) is 1.23. The van der Waals surface area contributed by atoms with Crippen molar-refractivity contribution in [2.45, 2.75) is 6.92 Å². The quantitative estimate of drug-likeness (QED) is 0.631. The van der Waals surface area contributed by atoms with Gasteiger partial charge in [0.2, 0.25) is 0 Å². The molecule has 0 bridgehead atoms. The van der Waals surface area contributed by atoms with Crippen LogP contribution >= 0.6 is 0 Å². The molecule has 2 rings (SSSR count). The van der Waals surface area contributed by atoms with E-state index in [0.717, 1.165) is 12.4 Å². The summed E-state index contributed by atoms with van der Waals surface area (Å²) >= 11 is 0. The minimum Gasteiger partial charge on any atom is -0.494 e. The standard InChI is InChI=1S/C10H13NO/c1-2-12-10-5-3-9(4-6-10)11-7-8-11/h3-6H,2,7-8H2,1H3. The van der Waals surface area contributed by atoms with Crippen molar-refractivity contribution < 1.29 is 4.74 Å². The molecule has 0 aromatic heterocycles. The molecule has 0 amide bonds. The van der Waals surface area contributed by atoms with E-state index in [1.54, 1.807) is 0 Å². The third-order valence-corrected chi connectivity index (χ3v) is 1.96. The molecule has 0 saturated carbocycles. The van der Waals surface area contributed by atoms with Crippen LogP contribution in [0.4, 0.5) is 5.69 Å². The molecule has 64 valence electrons. The zero-order valence-corrected chi connectivity index (χ0v) is 7.29. The van der Waals surface area contributed by atoms with Crippen molar-refractivity contribution in [2.75, 3.05) is 24.6 Å². The van der Waals surface area contributed by atoms with Crippen LogP contribution in [0.2, 0.25) is 0 Å². The van der Waals surface area contributed by atoms with Crippen molar-refractivity contribution in [3.8, 4) is 5.75 Å². The lowest BCUT2D eigenvalue weighted by Crippen LogP contribution is -1.93. The summed E-state index contributed by atoms with van der Waals surface area (Å²) in [5.41, 5.74) is 1.30. The second-order valence-corrected chi connectivity index (χ2v) is 2.91. The lowest BCUT2D eigenvalue weighted by atomic mass is 10.3. The minimum absolute atomic E-state index is 0.739. The molecule has 1 heterocycles. The summed E-state index contributed by atoms with van der Waals surface area (Å²) in [6, 6.07) is 8.27. The first-order valence-corrected chi connectivity index (χ1v) is 4.38. The molecule has 1 aromatic carbocycles. The highest BCUT2D eigenvalue weighted by Gasteiger charge is 2.16. The summed E-state index contributed by atoms with van der Waals surface area (Å²) in [6.07, 6.45) is 0. The molecule has 2 nitrogen and oxygen atoms in total. The van der Waals surface area contributed by atoms with Gasteiger partial charge in [-0.15, -0.1) is 0 Å². The Labute approximate surface area is 72.8 Å². The van der Waals surface area contributed by atoms with Gasteiger partial charge < -0.3 is 9.64 Å². The number of benzene rings is 1. The lowest BCUT2D eigenvalue weighted by Gasteiger charge is -2.05. The third kappa shape index (κ3) is 1.52. The van der Waals surface area contributed by atoms with Gasteiger partial charge in [-0.25, -0.2) is 0 Å². The van der Waals surface area contributed by atoms with Crippen LogP contribution < -0.4 is 9.64 Å². The molecule has 2 heteroatoms. The molecule has 1 aliphatic heterocycles. The van der Waals surface area contributed by atoms with Crippen LogP contribution in [0.3, 0.4) is 0 Å². The molecule has 1 aliphatic rings. The SMILES string of the molecule is CCOc1ccc(N2CC2)cc1. The zero-order valence-electron chi connectivity index (χ0n) is 7.29. The molecule has 0 spiro atoms. The summed E-state index contributed by atoms with van der Waals surface area (Å²) < 4.78 is 5.34. The number of anilines is 1. The number of ether oxygens (including phenoxy) is 1. The van der Waals surface area contributed by atoms with Crippen LogP contribution in [0.15, 0.2) is 24.3 Å². The van der Waals surface area contributed by atoms with Gasteiger partial charge in [-0.2, -0.15) is 0 Å². The Morgan fingerprint density at radius 3 is 2.42 bits per heavy atom. The van der Waals surface area contributed by atoms with Crippen molar-refractivity contribution in [3.05, 3.63) is 24.3 Å². The number of hydrogen-bond donors (Lipinski definition) is 0. The van der Waals surface area contributed by atoms with Crippen molar-refractivity contribution in [3.63, 3.8) is 0 Å². The minimum atomic E-state index is 0.739. The second-order valence-electron chi connectivity index (χ2n) is 2.91. The molecule has 12 heavy (non-hydrogen) atoms. The Morgan fingerprint density at radius 2 is 1.92 bits per heavy atom. The largest absolute Gasteiger partial charge is 0.494 e. The van der Waals surface area contributed by atoms with Crippen LogP contribution in [0.5, 0.6) is 5.75 Å². The molecule has 1 saturated heterocycles. The Balaban J connectivity index is 2.08. The summed E-state index contributed by atoms with van der Waals surface area (Å²) in [4.78, 5) is 2.32. The molecule has 0 N–H and O–H groups in total. The van der Waals surface area contributed by atoms with E-state index in [4.69, 9.17) is 4.74 Å². The third-order valence-electron chi connectivity index (χ3n) is 1.96. The van der Waals surface area contributed by atoms with E-state index in [9.17, 15) is 0 Å². The van der Waals surface area contributed by atoms with Crippen LogP contribution in [0.1, 0.15) is 6.92 Å². The average Bonchev–Trinajstić information content (AvgIpc) is 2.89. The summed E-state index contributed by atoms with van der Waals surface area (Å²) in [7, 11) is 0. The van der Waals surface area contributed by atoms with Gasteiger partial charge in [-0.1, -0.05) is 0 Å². The van der Waals surface area contributed by atoms with E-state index in [-0.39, 0.29) is 0 Å². The maximum atomic E-state index is 5.34. The van der Waals surface area contributed by atoms with Crippen molar-refractivity contribution in [1.29, 1.82) is 0 Å². The molecular formula is C10H13NO. The second kappa shape index (κ2) is 3.05. The smallest absolute Gasteiger partial charge is 0.119 e. The van der Waals surface area contributed by atoms with Gasteiger partial charge >= 0.3 is 0 Å². The van der Waals surface area contributed by atoms with E-state index in [0.29, 0.717) is 0 Å². The van der Waals surface area contributed by atoms with Gasteiger partial charge in [-0.05, 0) is 31.2 Å². The van der Waals surface area contributed by atoms with Gasteiger partial charge in [0.25, 0.3) is 0 Å². The highest BCUT2D eigenvalue weighted by molar-refractivity contribution is 5.53. The highest BCUT2D eigenvalue weighted by Crippen LogP contribution is 2.23. The maximum Gasteiger partial charge on any atom is 0.119 e. The Kier molecular flexibility index (Phi) is 1.90. The van der Waals surface area contributed by atoms with E-state index < -0.39 is 0 Å². The molecule has 0 radical (unpaired) electrons. The summed E-state index contributed by atoms with van der Waals surface area (Å²) in [6.45, 7) is 5.14. The molecule has 0 atom stereocenters. The van der Waals surface area contributed by atoms with Gasteiger partial charge in [0.15, 0.2) is 0 Å². The normalized spacial score (nSPS) is 14.6. The monoisotopic (exact) mass is 163 g/mol. The lowest BCUT2D eigenvalue weighted by molar-refractivity contribution is 0.340. The zero-order chi connectivity index (χ0) is 8.39. The Bertz CT molecular complexity index is 251. The van der Waals surface area contributed by atoms with Crippen molar-refractivity contribution >= 4 is 5.69 Å². The van der Waals surface area contributed by atoms with Crippen molar-refractivity contribution in [2.24, 2.45) is 0 Å². The van der Waals surface area contributed by atoms with Crippen LogP contribution in [-0.2, 0) is 0 Å². The molecule has 1 fully saturated rings. The molecular weight excluding hydrogens is 150 g/mol. The number of nitrogens with zero attached hydrogens (tertiary/aromatic N) is 1. The van der Waals surface area contributed by atoms with Crippen LogP contribution in [0.25, 0.3) is 0 Å². The molecule has 0 aliphatic carbocycles. The van der Waals surface area contributed by atoms with E-state index in [1.807, 2.05) is 19.1 Å². The predicted octanol–water partition coefficient (Wildman–Crippen LogP) is 1.91. The number of hydrogen-bond acceptors (Lipinski definition) is 2. The first-order chi connectivity index (χ1) is 5.90. The summed E-state index contributed by atoms with van der Waals surface area (Å²) in [5.74, 6) is 0.961. The van der Waals surface area contributed by atoms with E-state index in [1.165, 1.54) is 18.8 Å².